The first kappa shape index (κ1) is 17.5. The Hall–Kier alpha value is -2.90. The topological polar surface area (TPSA) is 50.9 Å². The van der Waals surface area contributed by atoms with Crippen molar-refractivity contribution in [1.82, 2.24) is 14.8 Å². The van der Waals surface area contributed by atoms with Crippen molar-refractivity contribution in [1.29, 1.82) is 0 Å². The third-order valence-corrected chi connectivity index (χ3v) is 5.38. The number of rotatable bonds is 2. The predicted molar refractivity (Wildman–Crippen MR) is 105 cm³/mol. The Labute approximate surface area is 159 Å². The van der Waals surface area contributed by atoms with Gasteiger partial charge in [0.25, 0.3) is 0 Å². The van der Waals surface area contributed by atoms with Crippen molar-refractivity contribution >= 4 is 0 Å². The number of benzene rings is 2. The molecule has 1 N–H and O–H groups in total. The highest BCUT2D eigenvalue weighted by atomic mass is 16.3. The zero-order valence-electron chi connectivity index (χ0n) is 15.5. The highest BCUT2D eigenvalue weighted by molar-refractivity contribution is 5.44. The van der Waals surface area contributed by atoms with Crippen LogP contribution in [-0.4, -0.2) is 19.9 Å². The summed E-state index contributed by atoms with van der Waals surface area (Å²) in [7, 11) is 0. The molecule has 1 aromatic heterocycles. The summed E-state index contributed by atoms with van der Waals surface area (Å²) in [6, 6.07) is 16.1. The molecule has 4 nitrogen and oxygen atoms in total. The average molecular weight is 357 g/mol. The average Bonchev–Trinajstić information content (AvgIpc) is 3.23. The molecule has 0 radical (unpaired) electrons. The standard InChI is InChI=1S/C23H23N3O/c1-18-5-7-19(8-6-18)9-10-20-11-13-21(14-12-20)23(27)15-3-2-4-22(23)26-17-24-16-25-26/h5-8,11-14,16-17,22,27H,2-4,15H2,1H3. The first-order valence-electron chi connectivity index (χ1n) is 9.41. The SMILES string of the molecule is Cc1ccc(C#Cc2ccc(C3(O)CCCCC3n3cncn3)cc2)cc1. The molecule has 1 saturated carbocycles. The van der Waals surface area contributed by atoms with Crippen LogP contribution in [0.3, 0.4) is 0 Å². The molecule has 0 amide bonds. The van der Waals surface area contributed by atoms with E-state index in [-0.39, 0.29) is 6.04 Å². The molecule has 2 atom stereocenters. The van der Waals surface area contributed by atoms with Crippen molar-refractivity contribution in [2.75, 3.05) is 0 Å². The minimum Gasteiger partial charge on any atom is -0.383 e. The first-order chi connectivity index (χ1) is 13.1. The minimum atomic E-state index is -0.922. The molecule has 4 rings (SSSR count). The van der Waals surface area contributed by atoms with E-state index in [1.54, 1.807) is 11.0 Å². The van der Waals surface area contributed by atoms with Crippen LogP contribution >= 0.6 is 0 Å². The summed E-state index contributed by atoms with van der Waals surface area (Å²) in [6.45, 7) is 2.07. The van der Waals surface area contributed by atoms with Gasteiger partial charge in [-0.15, -0.1) is 0 Å². The number of nitrogens with zero attached hydrogens (tertiary/aromatic N) is 3. The van der Waals surface area contributed by atoms with E-state index in [0.717, 1.165) is 42.4 Å². The van der Waals surface area contributed by atoms with E-state index in [1.807, 2.05) is 36.4 Å². The Morgan fingerprint density at radius 2 is 1.67 bits per heavy atom. The molecular weight excluding hydrogens is 334 g/mol. The Balaban J connectivity index is 1.58. The highest BCUT2D eigenvalue weighted by Gasteiger charge is 2.42. The number of aryl methyl sites for hydroxylation is 1. The molecule has 3 aromatic rings. The normalized spacial score (nSPS) is 22.1. The van der Waals surface area contributed by atoms with Crippen LogP contribution in [0.5, 0.6) is 0 Å². The molecule has 1 fully saturated rings. The smallest absolute Gasteiger partial charge is 0.137 e. The zero-order valence-corrected chi connectivity index (χ0v) is 15.5. The van der Waals surface area contributed by atoms with Gasteiger partial charge in [-0.3, -0.25) is 0 Å². The molecule has 1 aliphatic rings. The van der Waals surface area contributed by atoms with Crippen LogP contribution in [0.25, 0.3) is 0 Å². The van der Waals surface area contributed by atoms with Crippen molar-refractivity contribution in [2.24, 2.45) is 0 Å². The van der Waals surface area contributed by atoms with Crippen LogP contribution in [-0.2, 0) is 5.60 Å². The van der Waals surface area contributed by atoms with Gasteiger partial charge < -0.3 is 5.11 Å². The Morgan fingerprint density at radius 3 is 2.30 bits per heavy atom. The van der Waals surface area contributed by atoms with E-state index in [9.17, 15) is 5.11 Å². The van der Waals surface area contributed by atoms with Gasteiger partial charge in [0.1, 0.15) is 18.3 Å². The Bertz CT molecular complexity index is 950. The molecule has 1 aliphatic carbocycles. The molecule has 2 unspecified atom stereocenters. The summed E-state index contributed by atoms with van der Waals surface area (Å²) in [5, 5.41) is 15.7. The van der Waals surface area contributed by atoms with Gasteiger partial charge in [0.15, 0.2) is 0 Å². The van der Waals surface area contributed by atoms with Crippen molar-refractivity contribution in [3.05, 3.63) is 83.4 Å². The lowest BCUT2D eigenvalue weighted by Crippen LogP contribution is -2.39. The van der Waals surface area contributed by atoms with E-state index < -0.39 is 5.60 Å². The van der Waals surface area contributed by atoms with Gasteiger partial charge >= 0.3 is 0 Å². The third kappa shape index (κ3) is 3.65. The van der Waals surface area contributed by atoms with Crippen molar-refractivity contribution in [2.45, 2.75) is 44.2 Å². The van der Waals surface area contributed by atoms with Gasteiger partial charge in [-0.2, -0.15) is 5.10 Å². The minimum absolute atomic E-state index is 0.0850. The number of aromatic nitrogens is 3. The van der Waals surface area contributed by atoms with E-state index in [1.165, 1.54) is 11.9 Å². The maximum absolute atomic E-state index is 11.5. The van der Waals surface area contributed by atoms with Crippen molar-refractivity contribution in [3.63, 3.8) is 0 Å². The van der Waals surface area contributed by atoms with Crippen LogP contribution < -0.4 is 0 Å². The summed E-state index contributed by atoms with van der Waals surface area (Å²) < 4.78 is 1.80. The maximum atomic E-state index is 11.5. The quantitative estimate of drug-likeness (QED) is 0.706. The second-order valence-corrected chi connectivity index (χ2v) is 7.25. The predicted octanol–water partition coefficient (Wildman–Crippen LogP) is 3.99. The molecule has 27 heavy (non-hydrogen) atoms. The molecule has 2 aromatic carbocycles. The molecule has 0 aliphatic heterocycles. The lowest BCUT2D eigenvalue weighted by atomic mass is 9.75. The summed E-state index contributed by atoms with van der Waals surface area (Å²) in [6.07, 6.45) is 6.95. The third-order valence-electron chi connectivity index (χ3n) is 5.38. The molecule has 0 bridgehead atoms. The van der Waals surface area contributed by atoms with Gasteiger partial charge in [-0.1, -0.05) is 54.5 Å². The van der Waals surface area contributed by atoms with Crippen LogP contribution in [0.15, 0.2) is 61.2 Å². The van der Waals surface area contributed by atoms with Crippen LogP contribution in [0.2, 0.25) is 0 Å². The van der Waals surface area contributed by atoms with Gasteiger partial charge in [0.05, 0.1) is 6.04 Å². The van der Waals surface area contributed by atoms with Crippen LogP contribution in [0.4, 0.5) is 0 Å². The molecule has 1 heterocycles. The van der Waals surface area contributed by atoms with Gasteiger partial charge in [-0.25, -0.2) is 9.67 Å². The fourth-order valence-electron chi connectivity index (χ4n) is 3.83. The summed E-state index contributed by atoms with van der Waals surface area (Å²) in [5.41, 5.74) is 3.17. The fraction of sp³-hybridized carbons (Fsp3) is 0.304. The Morgan fingerprint density at radius 1 is 1.00 bits per heavy atom. The Kier molecular flexibility index (Phi) is 4.79. The van der Waals surface area contributed by atoms with E-state index in [0.29, 0.717) is 0 Å². The number of aliphatic hydroxyl groups is 1. The fourth-order valence-corrected chi connectivity index (χ4v) is 3.83. The highest BCUT2D eigenvalue weighted by Crippen LogP contribution is 2.44. The molecule has 0 spiro atoms. The lowest BCUT2D eigenvalue weighted by Gasteiger charge is -2.40. The van der Waals surface area contributed by atoms with Crippen molar-refractivity contribution in [3.8, 4) is 11.8 Å². The van der Waals surface area contributed by atoms with Crippen LogP contribution in [0.1, 0.15) is 54.0 Å². The van der Waals surface area contributed by atoms with Crippen LogP contribution in [0, 0.1) is 18.8 Å². The molecule has 0 saturated heterocycles. The largest absolute Gasteiger partial charge is 0.383 e. The second kappa shape index (κ2) is 7.38. The summed E-state index contributed by atoms with van der Waals surface area (Å²) >= 11 is 0. The second-order valence-electron chi connectivity index (χ2n) is 7.25. The summed E-state index contributed by atoms with van der Waals surface area (Å²) in [4.78, 5) is 4.05. The van der Waals surface area contributed by atoms with E-state index >= 15 is 0 Å². The molecule has 4 heteroatoms. The van der Waals surface area contributed by atoms with Crippen molar-refractivity contribution < 1.29 is 5.11 Å². The van der Waals surface area contributed by atoms with Gasteiger partial charge in [-0.05, 0) is 49.6 Å². The first-order valence-corrected chi connectivity index (χ1v) is 9.41. The monoisotopic (exact) mass is 357 g/mol. The molecule has 136 valence electrons. The molecular formula is C23H23N3O. The summed E-state index contributed by atoms with van der Waals surface area (Å²) in [5.74, 6) is 6.40. The number of hydrogen-bond acceptors (Lipinski definition) is 3. The van der Waals surface area contributed by atoms with E-state index in [2.05, 4.69) is 41.0 Å². The lowest BCUT2D eigenvalue weighted by molar-refractivity contribution is -0.0516. The van der Waals surface area contributed by atoms with Gasteiger partial charge in [0, 0.05) is 11.1 Å². The van der Waals surface area contributed by atoms with Gasteiger partial charge in [0.2, 0.25) is 0 Å². The zero-order chi connectivity index (χ0) is 18.7. The number of hydrogen-bond donors (Lipinski definition) is 1. The van der Waals surface area contributed by atoms with E-state index in [4.69, 9.17) is 0 Å². The maximum Gasteiger partial charge on any atom is 0.137 e.